The van der Waals surface area contributed by atoms with Crippen molar-refractivity contribution in [3.8, 4) is 11.5 Å². The Labute approximate surface area is 115 Å². The molecule has 0 aliphatic rings. The van der Waals surface area contributed by atoms with E-state index in [1.54, 1.807) is 6.20 Å². The highest BCUT2D eigenvalue weighted by molar-refractivity contribution is 7.78. The molecule has 2 aromatic heterocycles. The first-order valence-corrected chi connectivity index (χ1v) is 6.19. The van der Waals surface area contributed by atoms with Crippen LogP contribution in [-0.4, -0.2) is 20.1 Å². The maximum absolute atomic E-state index is 4.69. The predicted octanol–water partition coefficient (Wildman–Crippen LogP) is 3.67. The largest absolute Gasteiger partial charge is 0.337 e. The Morgan fingerprint density at radius 1 is 1.26 bits per heavy atom. The first-order valence-electron chi connectivity index (χ1n) is 5.78. The number of aromatic amines is 1. The van der Waals surface area contributed by atoms with Gasteiger partial charge < -0.3 is 4.98 Å². The molecular formula is C14H10N4S. The van der Waals surface area contributed by atoms with Crippen molar-refractivity contribution in [2.75, 3.05) is 0 Å². The van der Waals surface area contributed by atoms with Gasteiger partial charge in [-0.15, -0.1) is 0 Å². The number of thiocarbonyl (C=S) groups is 1. The molecule has 0 amide bonds. The predicted molar refractivity (Wildman–Crippen MR) is 78.7 cm³/mol. The van der Waals surface area contributed by atoms with Gasteiger partial charge in [0, 0.05) is 6.20 Å². The van der Waals surface area contributed by atoms with Crippen LogP contribution in [0.3, 0.4) is 0 Å². The average Bonchev–Trinajstić information content (AvgIpc) is 2.87. The molecule has 5 heteroatoms. The Hall–Kier alpha value is -2.36. The van der Waals surface area contributed by atoms with Crippen molar-refractivity contribution in [2.24, 2.45) is 4.99 Å². The van der Waals surface area contributed by atoms with Crippen LogP contribution in [0.2, 0.25) is 0 Å². The van der Waals surface area contributed by atoms with Gasteiger partial charge in [0.25, 0.3) is 0 Å². The number of nitrogens with zero attached hydrogens (tertiary/aromatic N) is 3. The molecule has 0 aliphatic carbocycles. The molecule has 0 spiro atoms. The molecule has 4 nitrogen and oxygen atoms in total. The minimum atomic E-state index is 0.724. The van der Waals surface area contributed by atoms with Gasteiger partial charge in [-0.1, -0.05) is 12.1 Å². The van der Waals surface area contributed by atoms with Gasteiger partial charge in [-0.05, 0) is 42.9 Å². The van der Waals surface area contributed by atoms with Crippen molar-refractivity contribution in [1.82, 2.24) is 15.0 Å². The number of aryl methyl sites for hydroxylation is 1. The number of hydrogen-bond acceptors (Lipinski definition) is 4. The molecule has 0 fully saturated rings. The highest BCUT2D eigenvalue weighted by Crippen LogP contribution is 2.29. The number of imidazole rings is 1. The zero-order valence-corrected chi connectivity index (χ0v) is 11.0. The standard InChI is InChI=1S/C14H10N4S/c1-9-5-6-10-13(12(9)16-8-19)18-14(17-10)11-4-2-3-7-15-11/h2-7H,1H3,(H,17,18). The molecular weight excluding hydrogens is 256 g/mol. The van der Waals surface area contributed by atoms with Crippen LogP contribution in [0.15, 0.2) is 41.5 Å². The summed E-state index contributed by atoms with van der Waals surface area (Å²) >= 11 is 4.69. The second-order valence-electron chi connectivity index (χ2n) is 4.13. The summed E-state index contributed by atoms with van der Waals surface area (Å²) in [5.74, 6) is 0.724. The van der Waals surface area contributed by atoms with E-state index in [4.69, 9.17) is 0 Å². The van der Waals surface area contributed by atoms with Crippen molar-refractivity contribution >= 4 is 34.1 Å². The van der Waals surface area contributed by atoms with E-state index < -0.39 is 0 Å². The van der Waals surface area contributed by atoms with Gasteiger partial charge in [0.2, 0.25) is 0 Å². The number of pyridine rings is 1. The van der Waals surface area contributed by atoms with E-state index in [0.717, 1.165) is 33.8 Å². The second-order valence-corrected chi connectivity index (χ2v) is 4.31. The molecule has 92 valence electrons. The minimum Gasteiger partial charge on any atom is -0.337 e. The number of fused-ring (bicyclic) bond motifs is 1. The highest BCUT2D eigenvalue weighted by atomic mass is 32.1. The number of H-pyrrole nitrogens is 1. The maximum atomic E-state index is 4.69. The maximum Gasteiger partial charge on any atom is 0.157 e. The number of aliphatic imine (C=N–C) groups is 1. The lowest BCUT2D eigenvalue weighted by atomic mass is 10.2. The highest BCUT2D eigenvalue weighted by Gasteiger charge is 2.11. The van der Waals surface area contributed by atoms with E-state index in [1.807, 2.05) is 37.3 Å². The normalized spacial score (nSPS) is 10.4. The van der Waals surface area contributed by atoms with Crippen LogP contribution in [0.4, 0.5) is 5.69 Å². The van der Waals surface area contributed by atoms with Crippen LogP contribution in [-0.2, 0) is 0 Å². The number of benzene rings is 1. The number of hydrogen-bond donors (Lipinski definition) is 1. The molecule has 0 saturated heterocycles. The van der Waals surface area contributed by atoms with E-state index in [2.05, 4.69) is 37.3 Å². The van der Waals surface area contributed by atoms with Crippen LogP contribution in [0.5, 0.6) is 0 Å². The topological polar surface area (TPSA) is 53.9 Å². The molecule has 19 heavy (non-hydrogen) atoms. The molecule has 0 radical (unpaired) electrons. The van der Waals surface area contributed by atoms with Gasteiger partial charge in [-0.3, -0.25) is 4.98 Å². The van der Waals surface area contributed by atoms with Crippen LogP contribution in [0.25, 0.3) is 22.6 Å². The molecule has 1 N–H and O–H groups in total. The zero-order chi connectivity index (χ0) is 13.2. The lowest BCUT2D eigenvalue weighted by molar-refractivity contribution is 1.24. The van der Waals surface area contributed by atoms with Crippen molar-refractivity contribution in [1.29, 1.82) is 0 Å². The lowest BCUT2D eigenvalue weighted by Crippen LogP contribution is -1.83. The van der Waals surface area contributed by atoms with Gasteiger partial charge in [-0.2, -0.15) is 4.99 Å². The summed E-state index contributed by atoms with van der Waals surface area (Å²) in [5.41, 5.74) is 4.27. The fraction of sp³-hybridized carbons (Fsp3) is 0.0714. The number of aromatic nitrogens is 3. The van der Waals surface area contributed by atoms with Crippen LogP contribution in [0, 0.1) is 6.92 Å². The molecule has 1 aromatic carbocycles. The SMILES string of the molecule is Cc1ccc2[nH]c(-c3ccccn3)nc2c1N=C=S. The summed E-state index contributed by atoms with van der Waals surface area (Å²) < 4.78 is 0. The van der Waals surface area contributed by atoms with Gasteiger partial charge in [-0.25, -0.2) is 4.98 Å². The Balaban J connectivity index is 2.27. The summed E-state index contributed by atoms with van der Waals surface area (Å²) in [5, 5.41) is 2.40. The number of isothiocyanates is 1. The van der Waals surface area contributed by atoms with Gasteiger partial charge in [0.05, 0.1) is 10.7 Å². The Morgan fingerprint density at radius 3 is 2.89 bits per heavy atom. The molecule has 0 atom stereocenters. The fourth-order valence-corrected chi connectivity index (χ4v) is 2.06. The molecule has 3 aromatic rings. The molecule has 0 bridgehead atoms. The third-order valence-electron chi connectivity index (χ3n) is 2.89. The van der Waals surface area contributed by atoms with Crippen LogP contribution >= 0.6 is 12.2 Å². The van der Waals surface area contributed by atoms with Gasteiger partial charge in [0.1, 0.15) is 16.9 Å². The Bertz CT molecular complexity index is 786. The molecule has 2 heterocycles. The van der Waals surface area contributed by atoms with Crippen molar-refractivity contribution in [3.05, 3.63) is 42.1 Å². The van der Waals surface area contributed by atoms with Crippen molar-refractivity contribution in [2.45, 2.75) is 6.92 Å². The smallest absolute Gasteiger partial charge is 0.157 e. The van der Waals surface area contributed by atoms with E-state index >= 15 is 0 Å². The average molecular weight is 266 g/mol. The summed E-state index contributed by atoms with van der Waals surface area (Å²) in [6, 6.07) is 9.67. The fourth-order valence-electron chi connectivity index (χ4n) is 1.97. The Kier molecular flexibility index (Phi) is 2.91. The first-order chi connectivity index (χ1) is 9.29. The molecule has 0 aliphatic heterocycles. The summed E-state index contributed by atoms with van der Waals surface area (Å²) in [4.78, 5) is 16.2. The van der Waals surface area contributed by atoms with E-state index in [9.17, 15) is 0 Å². The van der Waals surface area contributed by atoms with Crippen molar-refractivity contribution < 1.29 is 0 Å². The minimum absolute atomic E-state index is 0.724. The lowest BCUT2D eigenvalue weighted by Gasteiger charge is -1.97. The Morgan fingerprint density at radius 2 is 2.16 bits per heavy atom. The zero-order valence-electron chi connectivity index (χ0n) is 10.2. The van der Waals surface area contributed by atoms with Crippen LogP contribution < -0.4 is 0 Å². The molecule has 0 unspecified atom stereocenters. The summed E-state index contributed by atoms with van der Waals surface area (Å²) in [6.45, 7) is 1.97. The summed E-state index contributed by atoms with van der Waals surface area (Å²) in [6.07, 6.45) is 1.74. The number of rotatable bonds is 2. The summed E-state index contributed by atoms with van der Waals surface area (Å²) in [7, 11) is 0. The monoisotopic (exact) mass is 266 g/mol. The van der Waals surface area contributed by atoms with E-state index in [-0.39, 0.29) is 0 Å². The van der Waals surface area contributed by atoms with Gasteiger partial charge in [0.15, 0.2) is 5.82 Å². The molecule has 3 rings (SSSR count). The number of nitrogens with one attached hydrogen (secondary N) is 1. The molecule has 0 saturated carbocycles. The van der Waals surface area contributed by atoms with E-state index in [0.29, 0.717) is 0 Å². The van der Waals surface area contributed by atoms with Crippen molar-refractivity contribution in [3.63, 3.8) is 0 Å². The first kappa shape index (κ1) is 11.7. The van der Waals surface area contributed by atoms with Gasteiger partial charge >= 0.3 is 0 Å². The third kappa shape index (κ3) is 2.05. The third-order valence-corrected chi connectivity index (χ3v) is 2.99. The van der Waals surface area contributed by atoms with Crippen LogP contribution in [0.1, 0.15) is 5.56 Å². The second kappa shape index (κ2) is 4.72. The van der Waals surface area contributed by atoms with E-state index in [1.165, 1.54) is 0 Å². The quantitative estimate of drug-likeness (QED) is 0.568.